The topological polar surface area (TPSA) is 40.5 Å². The van der Waals surface area contributed by atoms with Crippen LogP contribution in [0.3, 0.4) is 0 Å². The molecule has 2 aliphatic rings. The molecule has 2 heterocycles. The van der Waals surface area contributed by atoms with E-state index in [1.807, 2.05) is 30.0 Å². The molecular weight excluding hydrogens is 306 g/mol. The highest BCUT2D eigenvalue weighted by molar-refractivity contribution is 9.10. The van der Waals surface area contributed by atoms with Gasteiger partial charge >= 0.3 is 0 Å². The molecule has 102 valence electrons. The summed E-state index contributed by atoms with van der Waals surface area (Å²) in [6.07, 6.45) is 3.29. The predicted octanol–water partition coefficient (Wildman–Crippen LogP) is 2.89. The fraction of sp³-hybridized carbons (Fsp3) is 0.533. The molecule has 1 aromatic carbocycles. The molecule has 2 aliphatic heterocycles. The molecule has 2 saturated heterocycles. The highest BCUT2D eigenvalue weighted by Gasteiger charge is 2.42. The lowest BCUT2D eigenvalue weighted by molar-refractivity contribution is 0.0287. The van der Waals surface area contributed by atoms with Gasteiger partial charge in [0.25, 0.3) is 5.91 Å². The van der Waals surface area contributed by atoms with E-state index < -0.39 is 0 Å². The van der Waals surface area contributed by atoms with Crippen LogP contribution in [0, 0.1) is 6.92 Å². The van der Waals surface area contributed by atoms with Crippen LogP contribution < -0.4 is 0 Å². The first kappa shape index (κ1) is 13.1. The SMILES string of the molecule is Cc1ccc(C(=O)N2C3CCC2CC(O)C3)cc1Br. The Morgan fingerprint density at radius 2 is 1.95 bits per heavy atom. The highest BCUT2D eigenvalue weighted by Crippen LogP contribution is 2.37. The summed E-state index contributed by atoms with van der Waals surface area (Å²) in [7, 11) is 0. The normalized spacial score (nSPS) is 29.6. The van der Waals surface area contributed by atoms with Gasteiger partial charge in [0.1, 0.15) is 0 Å². The maximum absolute atomic E-state index is 12.7. The van der Waals surface area contributed by atoms with Crippen LogP contribution in [-0.2, 0) is 0 Å². The molecule has 0 aromatic heterocycles. The van der Waals surface area contributed by atoms with E-state index in [2.05, 4.69) is 15.9 Å². The van der Waals surface area contributed by atoms with Gasteiger partial charge in [0.15, 0.2) is 0 Å². The second kappa shape index (κ2) is 4.91. The van der Waals surface area contributed by atoms with E-state index >= 15 is 0 Å². The molecule has 1 N–H and O–H groups in total. The molecule has 19 heavy (non-hydrogen) atoms. The second-order valence-electron chi connectivity index (χ2n) is 5.69. The summed E-state index contributed by atoms with van der Waals surface area (Å²) >= 11 is 3.48. The number of nitrogens with zero attached hydrogens (tertiary/aromatic N) is 1. The van der Waals surface area contributed by atoms with Crippen LogP contribution in [0.15, 0.2) is 22.7 Å². The number of fused-ring (bicyclic) bond motifs is 2. The molecule has 3 nitrogen and oxygen atoms in total. The number of aliphatic hydroxyl groups is 1. The lowest BCUT2D eigenvalue weighted by Gasteiger charge is -2.37. The average molecular weight is 324 g/mol. The molecule has 1 amide bonds. The Morgan fingerprint density at radius 1 is 1.32 bits per heavy atom. The lowest BCUT2D eigenvalue weighted by Crippen LogP contribution is -2.48. The van der Waals surface area contributed by atoms with Gasteiger partial charge in [0.05, 0.1) is 6.10 Å². The molecule has 1 aromatic rings. The van der Waals surface area contributed by atoms with E-state index in [-0.39, 0.29) is 24.1 Å². The quantitative estimate of drug-likeness (QED) is 0.863. The Balaban J connectivity index is 1.86. The van der Waals surface area contributed by atoms with Crippen molar-refractivity contribution < 1.29 is 9.90 Å². The van der Waals surface area contributed by atoms with Crippen molar-refractivity contribution in [1.82, 2.24) is 4.90 Å². The molecule has 2 bridgehead atoms. The number of aryl methyl sites for hydroxylation is 1. The van der Waals surface area contributed by atoms with E-state index in [0.29, 0.717) is 0 Å². The first-order valence-electron chi connectivity index (χ1n) is 6.83. The van der Waals surface area contributed by atoms with Crippen LogP contribution in [0.2, 0.25) is 0 Å². The summed E-state index contributed by atoms with van der Waals surface area (Å²) in [6.45, 7) is 2.01. The number of hydrogen-bond acceptors (Lipinski definition) is 2. The van der Waals surface area contributed by atoms with E-state index in [9.17, 15) is 9.90 Å². The highest BCUT2D eigenvalue weighted by atomic mass is 79.9. The second-order valence-corrected chi connectivity index (χ2v) is 6.54. The number of aliphatic hydroxyl groups excluding tert-OH is 1. The zero-order chi connectivity index (χ0) is 13.6. The summed E-state index contributed by atoms with van der Waals surface area (Å²) in [6, 6.07) is 6.22. The Hall–Kier alpha value is -0.870. The number of hydrogen-bond donors (Lipinski definition) is 1. The zero-order valence-corrected chi connectivity index (χ0v) is 12.6. The van der Waals surface area contributed by atoms with Crippen LogP contribution in [-0.4, -0.2) is 34.1 Å². The third-order valence-electron chi connectivity index (χ3n) is 4.36. The first-order valence-corrected chi connectivity index (χ1v) is 7.62. The number of benzene rings is 1. The van der Waals surface area contributed by atoms with Crippen molar-refractivity contribution in [3.63, 3.8) is 0 Å². The molecule has 0 radical (unpaired) electrons. The number of piperidine rings is 1. The third-order valence-corrected chi connectivity index (χ3v) is 5.22. The van der Waals surface area contributed by atoms with Crippen molar-refractivity contribution in [3.05, 3.63) is 33.8 Å². The summed E-state index contributed by atoms with van der Waals surface area (Å²) in [5.74, 6) is 0.111. The van der Waals surface area contributed by atoms with Crippen molar-refractivity contribution in [1.29, 1.82) is 0 Å². The van der Waals surface area contributed by atoms with Crippen LogP contribution in [0.1, 0.15) is 41.6 Å². The van der Waals surface area contributed by atoms with Gasteiger partial charge in [-0.3, -0.25) is 4.79 Å². The number of halogens is 1. The van der Waals surface area contributed by atoms with Crippen molar-refractivity contribution in [3.8, 4) is 0 Å². The van der Waals surface area contributed by atoms with Gasteiger partial charge in [-0.25, -0.2) is 0 Å². The van der Waals surface area contributed by atoms with Gasteiger partial charge < -0.3 is 10.0 Å². The van der Waals surface area contributed by atoms with E-state index in [1.54, 1.807) is 0 Å². The number of carbonyl (C=O) groups is 1. The lowest BCUT2D eigenvalue weighted by atomic mass is 9.98. The summed E-state index contributed by atoms with van der Waals surface area (Å²) < 4.78 is 0.975. The maximum Gasteiger partial charge on any atom is 0.254 e. The molecule has 0 spiro atoms. The van der Waals surface area contributed by atoms with Crippen molar-refractivity contribution in [2.24, 2.45) is 0 Å². The molecule has 3 rings (SSSR count). The number of carbonyl (C=O) groups excluding carboxylic acids is 1. The summed E-state index contributed by atoms with van der Waals surface area (Å²) in [5.41, 5.74) is 1.87. The summed E-state index contributed by atoms with van der Waals surface area (Å²) in [4.78, 5) is 14.7. The largest absolute Gasteiger partial charge is 0.393 e. The van der Waals surface area contributed by atoms with Gasteiger partial charge in [-0.2, -0.15) is 0 Å². The molecule has 0 saturated carbocycles. The zero-order valence-electron chi connectivity index (χ0n) is 11.0. The van der Waals surface area contributed by atoms with Crippen LogP contribution in [0.25, 0.3) is 0 Å². The van der Waals surface area contributed by atoms with Crippen molar-refractivity contribution in [2.75, 3.05) is 0 Å². The van der Waals surface area contributed by atoms with Gasteiger partial charge in [0, 0.05) is 22.1 Å². The van der Waals surface area contributed by atoms with Gasteiger partial charge in [-0.05, 0) is 50.3 Å². The van der Waals surface area contributed by atoms with Crippen LogP contribution >= 0.6 is 15.9 Å². The van der Waals surface area contributed by atoms with E-state index in [0.717, 1.165) is 41.3 Å². The van der Waals surface area contributed by atoms with Crippen LogP contribution in [0.5, 0.6) is 0 Å². The smallest absolute Gasteiger partial charge is 0.254 e. The monoisotopic (exact) mass is 323 g/mol. The van der Waals surface area contributed by atoms with Gasteiger partial charge in [-0.15, -0.1) is 0 Å². The van der Waals surface area contributed by atoms with Crippen LogP contribution in [0.4, 0.5) is 0 Å². The van der Waals surface area contributed by atoms with E-state index in [1.165, 1.54) is 0 Å². The number of rotatable bonds is 1. The standard InChI is InChI=1S/C15H18BrNO2/c1-9-2-3-10(6-14(9)16)15(19)17-11-4-5-12(17)8-13(18)7-11/h2-3,6,11-13,18H,4-5,7-8H2,1H3. The minimum atomic E-state index is -0.230. The molecule has 2 unspecified atom stereocenters. The summed E-state index contributed by atoms with van der Waals surface area (Å²) in [5, 5.41) is 9.80. The fourth-order valence-electron chi connectivity index (χ4n) is 3.35. The first-order chi connectivity index (χ1) is 9.06. The molecule has 2 fully saturated rings. The molecule has 2 atom stereocenters. The van der Waals surface area contributed by atoms with Crippen molar-refractivity contribution >= 4 is 21.8 Å². The minimum Gasteiger partial charge on any atom is -0.393 e. The Labute approximate surface area is 121 Å². The molecular formula is C15H18BrNO2. The third kappa shape index (κ3) is 2.32. The minimum absolute atomic E-state index is 0.111. The fourth-order valence-corrected chi connectivity index (χ4v) is 3.73. The van der Waals surface area contributed by atoms with Gasteiger partial charge in [-0.1, -0.05) is 22.0 Å². The Kier molecular flexibility index (Phi) is 3.39. The van der Waals surface area contributed by atoms with E-state index in [4.69, 9.17) is 0 Å². The molecule has 0 aliphatic carbocycles. The van der Waals surface area contributed by atoms with Gasteiger partial charge in [0.2, 0.25) is 0 Å². The average Bonchev–Trinajstić information content (AvgIpc) is 2.64. The van der Waals surface area contributed by atoms with Crippen molar-refractivity contribution in [2.45, 2.75) is 50.8 Å². The predicted molar refractivity (Wildman–Crippen MR) is 77.1 cm³/mol. The Bertz CT molecular complexity index is 503. The Morgan fingerprint density at radius 3 is 2.53 bits per heavy atom. The maximum atomic E-state index is 12.7. The molecule has 4 heteroatoms. The number of amides is 1.